The summed E-state index contributed by atoms with van der Waals surface area (Å²) in [6, 6.07) is 4.02. The Bertz CT molecular complexity index is 704. The molecule has 0 aromatic carbocycles. The van der Waals surface area contributed by atoms with E-state index in [1.807, 2.05) is 17.8 Å². The number of anilines is 1. The summed E-state index contributed by atoms with van der Waals surface area (Å²) in [6.07, 6.45) is 6.15. The van der Waals surface area contributed by atoms with Crippen LogP contribution in [0.1, 0.15) is 38.2 Å². The number of pyridine rings is 1. The van der Waals surface area contributed by atoms with Gasteiger partial charge in [-0.2, -0.15) is 11.8 Å². The van der Waals surface area contributed by atoms with E-state index < -0.39 is 0 Å². The Hall–Kier alpha value is -1.96. The molecule has 7 nitrogen and oxygen atoms in total. The van der Waals surface area contributed by atoms with Gasteiger partial charge in [0.1, 0.15) is 5.82 Å². The average Bonchev–Trinajstić information content (AvgIpc) is 3.15. The van der Waals surface area contributed by atoms with Crippen molar-refractivity contribution in [3.05, 3.63) is 23.9 Å². The standard InChI is InChI=1S/C20H32N6OS/c1-20(8-5-11-28-20)14-25-19(22-2)24-12-15-6-3-9-23-18(15)26-10-4-7-16(13-26)17(21)27/h3,6,9,16H,4-5,7-8,10-14H2,1-2H3,(H2,21,27)(H2,22,24,25). The molecule has 2 aliphatic heterocycles. The minimum Gasteiger partial charge on any atom is -0.369 e. The van der Waals surface area contributed by atoms with Crippen LogP contribution in [-0.2, 0) is 11.3 Å². The normalized spacial score (nSPS) is 25.6. The van der Waals surface area contributed by atoms with Crippen LogP contribution in [0.3, 0.4) is 0 Å². The predicted molar refractivity (Wildman–Crippen MR) is 117 cm³/mol. The van der Waals surface area contributed by atoms with Gasteiger partial charge in [-0.1, -0.05) is 6.07 Å². The maximum atomic E-state index is 11.6. The number of nitrogens with zero attached hydrogens (tertiary/aromatic N) is 3. The second kappa shape index (κ2) is 9.49. The van der Waals surface area contributed by atoms with Crippen molar-refractivity contribution >= 4 is 29.4 Å². The van der Waals surface area contributed by atoms with E-state index >= 15 is 0 Å². The fourth-order valence-electron chi connectivity index (χ4n) is 3.90. The number of nitrogens with two attached hydrogens (primary N) is 1. The molecule has 0 spiro atoms. The van der Waals surface area contributed by atoms with Crippen molar-refractivity contribution < 1.29 is 4.79 Å². The van der Waals surface area contributed by atoms with Gasteiger partial charge < -0.3 is 21.3 Å². The Morgan fingerprint density at radius 2 is 2.32 bits per heavy atom. The molecule has 0 saturated carbocycles. The molecule has 3 rings (SSSR count). The number of nitrogens with one attached hydrogen (secondary N) is 2. The van der Waals surface area contributed by atoms with Gasteiger partial charge in [0.15, 0.2) is 5.96 Å². The number of amides is 1. The van der Waals surface area contributed by atoms with E-state index in [9.17, 15) is 4.79 Å². The summed E-state index contributed by atoms with van der Waals surface area (Å²) in [5, 5.41) is 6.88. The molecule has 8 heteroatoms. The summed E-state index contributed by atoms with van der Waals surface area (Å²) >= 11 is 2.04. The van der Waals surface area contributed by atoms with Crippen molar-refractivity contribution in [3.8, 4) is 0 Å². The van der Waals surface area contributed by atoms with E-state index in [2.05, 4.69) is 38.5 Å². The lowest BCUT2D eigenvalue weighted by Crippen LogP contribution is -2.44. The fourth-order valence-corrected chi connectivity index (χ4v) is 5.15. The molecular weight excluding hydrogens is 372 g/mol. The number of aliphatic imine (C=N–C) groups is 1. The highest BCUT2D eigenvalue weighted by atomic mass is 32.2. The summed E-state index contributed by atoms with van der Waals surface area (Å²) in [7, 11) is 1.80. The van der Waals surface area contributed by atoms with Crippen LogP contribution >= 0.6 is 11.8 Å². The van der Waals surface area contributed by atoms with Gasteiger partial charge >= 0.3 is 0 Å². The van der Waals surface area contributed by atoms with Crippen LogP contribution in [0.2, 0.25) is 0 Å². The number of rotatable bonds is 6. The first-order valence-electron chi connectivity index (χ1n) is 10.1. The molecule has 0 radical (unpaired) electrons. The second-order valence-electron chi connectivity index (χ2n) is 7.85. The van der Waals surface area contributed by atoms with E-state index in [0.29, 0.717) is 13.1 Å². The highest BCUT2D eigenvalue weighted by Gasteiger charge is 2.29. The molecule has 0 bridgehead atoms. The first-order valence-corrected chi connectivity index (χ1v) is 11.1. The van der Waals surface area contributed by atoms with Crippen molar-refractivity contribution in [1.82, 2.24) is 15.6 Å². The lowest BCUT2D eigenvalue weighted by Gasteiger charge is -2.33. The average molecular weight is 405 g/mol. The maximum absolute atomic E-state index is 11.6. The Kier molecular flexibility index (Phi) is 7.04. The molecular formula is C20H32N6OS. The van der Waals surface area contributed by atoms with Crippen LogP contribution in [0, 0.1) is 5.92 Å². The van der Waals surface area contributed by atoms with Crippen molar-refractivity contribution in [2.75, 3.05) is 37.3 Å². The van der Waals surface area contributed by atoms with Gasteiger partial charge in [-0.25, -0.2) is 4.98 Å². The molecule has 154 valence electrons. The Morgan fingerprint density at radius 3 is 3.04 bits per heavy atom. The predicted octanol–water partition coefficient (Wildman–Crippen LogP) is 1.73. The van der Waals surface area contributed by atoms with Gasteiger partial charge in [0.2, 0.25) is 5.91 Å². The number of thioether (sulfide) groups is 1. The van der Waals surface area contributed by atoms with Gasteiger partial charge in [0, 0.05) is 49.7 Å². The van der Waals surface area contributed by atoms with Crippen LogP contribution < -0.4 is 21.3 Å². The van der Waals surface area contributed by atoms with Gasteiger partial charge in [-0.3, -0.25) is 9.79 Å². The second-order valence-corrected chi connectivity index (χ2v) is 9.54. The van der Waals surface area contributed by atoms with Crippen molar-refractivity contribution in [2.45, 2.75) is 43.9 Å². The van der Waals surface area contributed by atoms with Crippen molar-refractivity contribution in [1.29, 1.82) is 0 Å². The number of aromatic nitrogens is 1. The Balaban J connectivity index is 1.60. The molecule has 2 saturated heterocycles. The minimum absolute atomic E-state index is 0.101. The number of hydrogen-bond acceptors (Lipinski definition) is 5. The number of carbonyl (C=O) groups excluding carboxylic acids is 1. The molecule has 28 heavy (non-hydrogen) atoms. The fraction of sp³-hybridized carbons (Fsp3) is 0.650. The molecule has 3 heterocycles. The van der Waals surface area contributed by atoms with Crippen LogP contribution in [-0.4, -0.2) is 54.0 Å². The Morgan fingerprint density at radius 1 is 1.46 bits per heavy atom. The van der Waals surface area contributed by atoms with E-state index in [1.54, 1.807) is 13.2 Å². The lowest BCUT2D eigenvalue weighted by atomic mass is 9.97. The van der Waals surface area contributed by atoms with Gasteiger partial charge in [0.25, 0.3) is 0 Å². The Labute approximate surface area is 171 Å². The van der Waals surface area contributed by atoms with Gasteiger partial charge in [-0.15, -0.1) is 0 Å². The minimum atomic E-state index is -0.219. The van der Waals surface area contributed by atoms with E-state index in [0.717, 1.165) is 43.3 Å². The number of hydrogen-bond donors (Lipinski definition) is 3. The van der Waals surface area contributed by atoms with Crippen LogP contribution in [0.15, 0.2) is 23.3 Å². The first-order chi connectivity index (χ1) is 13.5. The van der Waals surface area contributed by atoms with Crippen LogP contribution in [0.4, 0.5) is 5.82 Å². The largest absolute Gasteiger partial charge is 0.369 e. The lowest BCUT2D eigenvalue weighted by molar-refractivity contribution is -0.122. The van der Waals surface area contributed by atoms with Crippen LogP contribution in [0.25, 0.3) is 0 Å². The van der Waals surface area contributed by atoms with E-state index in [4.69, 9.17) is 5.73 Å². The molecule has 0 aliphatic carbocycles. The van der Waals surface area contributed by atoms with Crippen LogP contribution in [0.5, 0.6) is 0 Å². The number of piperidine rings is 1. The van der Waals surface area contributed by atoms with Gasteiger partial charge in [0.05, 0.1) is 5.92 Å². The monoisotopic (exact) mass is 404 g/mol. The molecule has 1 aromatic rings. The molecule has 2 unspecified atom stereocenters. The zero-order valence-corrected chi connectivity index (χ0v) is 17.7. The summed E-state index contributed by atoms with van der Waals surface area (Å²) < 4.78 is 0.286. The zero-order chi connectivity index (χ0) is 20.0. The smallest absolute Gasteiger partial charge is 0.222 e. The zero-order valence-electron chi connectivity index (χ0n) is 16.9. The SMILES string of the molecule is CN=C(NCc1cccnc1N1CCCC(C(N)=O)C1)NCC1(C)CCCS1. The summed E-state index contributed by atoms with van der Waals surface area (Å²) in [5.41, 5.74) is 6.63. The quantitative estimate of drug-likeness (QED) is 0.494. The summed E-state index contributed by atoms with van der Waals surface area (Å²) in [6.45, 7) is 5.39. The third kappa shape index (κ3) is 5.31. The molecule has 4 N–H and O–H groups in total. The highest BCUT2D eigenvalue weighted by Crippen LogP contribution is 2.36. The summed E-state index contributed by atoms with van der Waals surface area (Å²) in [4.78, 5) is 22.7. The third-order valence-electron chi connectivity index (χ3n) is 5.59. The van der Waals surface area contributed by atoms with E-state index in [1.165, 1.54) is 18.6 Å². The third-order valence-corrected chi connectivity index (χ3v) is 7.13. The van der Waals surface area contributed by atoms with E-state index in [-0.39, 0.29) is 16.6 Å². The van der Waals surface area contributed by atoms with Crippen molar-refractivity contribution in [3.63, 3.8) is 0 Å². The molecule has 1 amide bonds. The molecule has 2 atom stereocenters. The molecule has 2 aliphatic rings. The summed E-state index contributed by atoms with van der Waals surface area (Å²) in [5.74, 6) is 2.65. The topological polar surface area (TPSA) is 95.6 Å². The highest BCUT2D eigenvalue weighted by molar-refractivity contribution is 8.00. The first kappa shape index (κ1) is 20.8. The molecule has 1 aromatic heterocycles. The number of carbonyl (C=O) groups is 1. The maximum Gasteiger partial charge on any atom is 0.222 e. The van der Waals surface area contributed by atoms with Gasteiger partial charge in [-0.05, 0) is 44.4 Å². The van der Waals surface area contributed by atoms with Crippen molar-refractivity contribution in [2.24, 2.45) is 16.6 Å². The number of guanidine groups is 1. The number of primary amides is 1. The molecule has 2 fully saturated rings.